The number of amides is 2. The number of aliphatic carboxylic acids is 1. The fourth-order valence-corrected chi connectivity index (χ4v) is 5.24. The Morgan fingerprint density at radius 3 is 2.55 bits per heavy atom. The van der Waals surface area contributed by atoms with Gasteiger partial charge in [0.25, 0.3) is 0 Å². The first-order chi connectivity index (χ1) is 15.8. The molecule has 178 valence electrons. The molecule has 33 heavy (non-hydrogen) atoms. The topological polar surface area (TPSA) is 87.2 Å². The Hall–Kier alpha value is -2.42. The number of thiophene rings is 1. The van der Waals surface area contributed by atoms with Crippen LogP contribution in [-0.2, 0) is 20.9 Å². The predicted molar refractivity (Wildman–Crippen MR) is 128 cm³/mol. The Labute approximate surface area is 202 Å². The number of imide groups is 1. The van der Waals surface area contributed by atoms with Gasteiger partial charge in [0.2, 0.25) is 11.8 Å². The van der Waals surface area contributed by atoms with E-state index in [1.165, 1.54) is 16.2 Å². The molecule has 0 aliphatic carbocycles. The lowest BCUT2D eigenvalue weighted by Crippen LogP contribution is -2.33. The predicted octanol–water partition coefficient (Wildman–Crippen LogP) is 4.67. The minimum absolute atomic E-state index is 0.00492. The summed E-state index contributed by atoms with van der Waals surface area (Å²) in [5.41, 5.74) is 1.99. The molecule has 1 aliphatic heterocycles. The van der Waals surface area contributed by atoms with Gasteiger partial charge in [-0.1, -0.05) is 30.7 Å². The number of nitrogens with zero attached hydrogens (tertiary/aromatic N) is 2. The van der Waals surface area contributed by atoms with Crippen molar-refractivity contribution in [2.24, 2.45) is 0 Å². The Balaban J connectivity index is 1.68. The molecule has 1 atom stereocenters. The van der Waals surface area contributed by atoms with Gasteiger partial charge in [-0.15, -0.1) is 11.3 Å². The standard InChI is InChI=1S/C24H29ClN2O5S/c1-3-10-26(18(14-24(30)31)20-6-7-21(25)33-20)15-17-4-5-19(16(2)13-17)32-12-11-27-22(28)8-9-23(27)29/h4-7,13,18H,3,8-12,14-15H2,1-2H3,(H,30,31). The number of carboxylic acids is 1. The number of halogens is 1. The van der Waals surface area contributed by atoms with Gasteiger partial charge in [-0.25, -0.2) is 0 Å². The molecule has 1 aromatic heterocycles. The van der Waals surface area contributed by atoms with Crippen LogP contribution in [0.2, 0.25) is 4.34 Å². The maximum Gasteiger partial charge on any atom is 0.305 e. The summed E-state index contributed by atoms with van der Waals surface area (Å²) >= 11 is 7.54. The summed E-state index contributed by atoms with van der Waals surface area (Å²) in [5.74, 6) is -0.434. The van der Waals surface area contributed by atoms with Crippen molar-refractivity contribution in [2.45, 2.75) is 52.1 Å². The number of hydrogen-bond donors (Lipinski definition) is 1. The zero-order valence-corrected chi connectivity index (χ0v) is 20.5. The van der Waals surface area contributed by atoms with Gasteiger partial charge in [-0.3, -0.25) is 24.2 Å². The molecule has 1 aromatic carbocycles. The van der Waals surface area contributed by atoms with Crippen molar-refractivity contribution < 1.29 is 24.2 Å². The van der Waals surface area contributed by atoms with E-state index in [0.29, 0.717) is 16.6 Å². The van der Waals surface area contributed by atoms with Crippen LogP contribution in [0.4, 0.5) is 0 Å². The Kier molecular flexibility index (Phi) is 8.88. The van der Waals surface area contributed by atoms with Crippen molar-refractivity contribution in [1.29, 1.82) is 0 Å². The number of aryl methyl sites for hydroxylation is 1. The van der Waals surface area contributed by atoms with Gasteiger partial charge in [0.15, 0.2) is 0 Å². The third kappa shape index (κ3) is 6.79. The van der Waals surface area contributed by atoms with Crippen LogP contribution in [0, 0.1) is 6.92 Å². The molecule has 2 amide bonds. The number of ether oxygens (including phenoxy) is 1. The quantitative estimate of drug-likeness (QED) is 0.433. The average Bonchev–Trinajstić information content (AvgIpc) is 3.33. The van der Waals surface area contributed by atoms with Crippen molar-refractivity contribution in [1.82, 2.24) is 9.80 Å². The van der Waals surface area contributed by atoms with E-state index in [4.69, 9.17) is 16.3 Å². The van der Waals surface area contributed by atoms with Crippen LogP contribution in [0.1, 0.15) is 54.7 Å². The summed E-state index contributed by atoms with van der Waals surface area (Å²) in [5, 5.41) is 9.49. The van der Waals surface area contributed by atoms with Crippen molar-refractivity contribution in [3.63, 3.8) is 0 Å². The Bertz CT molecular complexity index is 992. The van der Waals surface area contributed by atoms with Crippen LogP contribution in [0.15, 0.2) is 30.3 Å². The Morgan fingerprint density at radius 2 is 1.97 bits per heavy atom. The van der Waals surface area contributed by atoms with E-state index in [1.54, 1.807) is 6.07 Å². The molecule has 0 spiro atoms. The lowest BCUT2D eigenvalue weighted by atomic mass is 10.1. The maximum absolute atomic E-state index is 11.7. The van der Waals surface area contributed by atoms with Gasteiger partial charge in [0.1, 0.15) is 12.4 Å². The summed E-state index contributed by atoms with van der Waals surface area (Å²) in [6.45, 7) is 5.87. The molecule has 0 radical (unpaired) electrons. The van der Waals surface area contributed by atoms with E-state index in [1.807, 2.05) is 31.2 Å². The molecule has 1 saturated heterocycles. The normalized spacial score (nSPS) is 14.8. The summed E-state index contributed by atoms with van der Waals surface area (Å²) < 4.78 is 6.47. The zero-order valence-electron chi connectivity index (χ0n) is 18.9. The van der Waals surface area contributed by atoms with E-state index >= 15 is 0 Å². The van der Waals surface area contributed by atoms with Gasteiger partial charge in [-0.05, 0) is 49.2 Å². The van der Waals surface area contributed by atoms with Crippen molar-refractivity contribution in [3.8, 4) is 5.75 Å². The molecule has 1 unspecified atom stereocenters. The van der Waals surface area contributed by atoms with E-state index in [9.17, 15) is 19.5 Å². The molecule has 1 aliphatic rings. The van der Waals surface area contributed by atoms with E-state index in [-0.39, 0.29) is 50.3 Å². The summed E-state index contributed by atoms with van der Waals surface area (Å²) in [6.07, 6.45) is 1.46. The third-order valence-corrected chi connectivity index (χ3v) is 6.93. The number of carboxylic acid groups (broad SMARTS) is 1. The van der Waals surface area contributed by atoms with E-state index in [2.05, 4.69) is 11.8 Å². The first-order valence-corrected chi connectivity index (χ1v) is 12.2. The number of carbonyl (C=O) groups is 3. The molecule has 1 fully saturated rings. The summed E-state index contributed by atoms with van der Waals surface area (Å²) in [4.78, 5) is 39.4. The van der Waals surface area contributed by atoms with E-state index in [0.717, 1.165) is 29.0 Å². The molecule has 9 heteroatoms. The van der Waals surface area contributed by atoms with Gasteiger partial charge >= 0.3 is 5.97 Å². The Morgan fingerprint density at radius 1 is 1.24 bits per heavy atom. The second-order valence-electron chi connectivity index (χ2n) is 8.11. The number of rotatable bonds is 12. The minimum atomic E-state index is -0.847. The highest BCUT2D eigenvalue weighted by atomic mass is 35.5. The summed E-state index contributed by atoms with van der Waals surface area (Å²) in [7, 11) is 0. The molecule has 1 N–H and O–H groups in total. The first-order valence-electron chi connectivity index (χ1n) is 11.0. The van der Waals surface area contributed by atoms with Crippen LogP contribution < -0.4 is 4.74 Å². The molecular weight excluding hydrogens is 464 g/mol. The van der Waals surface area contributed by atoms with Crippen LogP contribution >= 0.6 is 22.9 Å². The van der Waals surface area contributed by atoms with Crippen molar-refractivity contribution in [2.75, 3.05) is 19.7 Å². The molecule has 0 bridgehead atoms. The third-order valence-electron chi connectivity index (χ3n) is 5.59. The minimum Gasteiger partial charge on any atom is -0.491 e. The number of benzene rings is 1. The fourth-order valence-electron chi connectivity index (χ4n) is 4.04. The lowest BCUT2D eigenvalue weighted by molar-refractivity contribution is -0.140. The highest BCUT2D eigenvalue weighted by molar-refractivity contribution is 7.16. The molecule has 2 aromatic rings. The highest BCUT2D eigenvalue weighted by Crippen LogP contribution is 2.34. The van der Waals surface area contributed by atoms with Crippen LogP contribution in [0.3, 0.4) is 0 Å². The van der Waals surface area contributed by atoms with Crippen LogP contribution in [0.5, 0.6) is 5.75 Å². The number of hydrogen-bond acceptors (Lipinski definition) is 6. The van der Waals surface area contributed by atoms with Gasteiger partial charge in [0.05, 0.1) is 23.3 Å². The first kappa shape index (κ1) is 25.2. The smallest absolute Gasteiger partial charge is 0.305 e. The van der Waals surface area contributed by atoms with E-state index < -0.39 is 5.97 Å². The van der Waals surface area contributed by atoms with Crippen molar-refractivity contribution >= 4 is 40.7 Å². The highest BCUT2D eigenvalue weighted by Gasteiger charge is 2.28. The fraction of sp³-hybridized carbons (Fsp3) is 0.458. The second kappa shape index (κ2) is 11.6. The molecular formula is C24H29ClN2O5S. The average molecular weight is 493 g/mol. The zero-order chi connectivity index (χ0) is 24.0. The van der Waals surface area contributed by atoms with Gasteiger partial charge in [0, 0.05) is 24.3 Å². The van der Waals surface area contributed by atoms with Crippen LogP contribution in [-0.4, -0.2) is 52.4 Å². The molecule has 2 heterocycles. The lowest BCUT2D eigenvalue weighted by Gasteiger charge is -2.30. The largest absolute Gasteiger partial charge is 0.491 e. The molecule has 7 nitrogen and oxygen atoms in total. The second-order valence-corrected chi connectivity index (χ2v) is 9.86. The number of carbonyl (C=O) groups excluding carboxylic acids is 2. The summed E-state index contributed by atoms with van der Waals surface area (Å²) in [6, 6.07) is 9.34. The SMILES string of the molecule is CCCN(Cc1ccc(OCCN2C(=O)CCC2=O)c(C)c1)C(CC(=O)O)c1ccc(Cl)s1. The maximum atomic E-state index is 11.7. The molecule has 0 saturated carbocycles. The monoisotopic (exact) mass is 492 g/mol. The van der Waals surface area contributed by atoms with Gasteiger partial charge in [-0.2, -0.15) is 0 Å². The van der Waals surface area contributed by atoms with Gasteiger partial charge < -0.3 is 9.84 Å². The van der Waals surface area contributed by atoms with Crippen LogP contribution in [0.25, 0.3) is 0 Å². The van der Waals surface area contributed by atoms with Crippen molar-refractivity contribution in [3.05, 3.63) is 50.7 Å². The molecule has 3 rings (SSSR count). The number of likely N-dealkylation sites (tertiary alicyclic amines) is 1.